The highest BCUT2D eigenvalue weighted by Gasteiger charge is 2.28. The molecule has 26 heavy (non-hydrogen) atoms. The van der Waals surface area contributed by atoms with Gasteiger partial charge in [0.15, 0.2) is 0 Å². The standard InChI is InChI=1S/C19H27N3O3S/c1-26-17-4-2-3-15(11-17)21-19(24)18(23)20-12-14-5-8-22(9-6-14)16-7-10-25-13-16/h2-4,11,14,16H,5-10,12-13H2,1H3,(H,20,23)(H,21,24)/t16-/m1/s1. The number of nitrogens with one attached hydrogen (secondary N) is 2. The highest BCUT2D eigenvalue weighted by Crippen LogP contribution is 2.22. The fourth-order valence-corrected chi connectivity index (χ4v) is 4.00. The van der Waals surface area contributed by atoms with Crippen LogP contribution in [0, 0.1) is 5.92 Å². The molecule has 2 aliphatic rings. The van der Waals surface area contributed by atoms with E-state index in [-0.39, 0.29) is 0 Å². The van der Waals surface area contributed by atoms with Crippen LogP contribution in [0.25, 0.3) is 0 Å². The van der Waals surface area contributed by atoms with E-state index in [0.717, 1.165) is 50.5 Å². The van der Waals surface area contributed by atoms with Crippen molar-refractivity contribution in [1.82, 2.24) is 10.2 Å². The molecule has 2 fully saturated rings. The summed E-state index contributed by atoms with van der Waals surface area (Å²) in [5, 5.41) is 5.45. The first-order valence-corrected chi connectivity index (χ1v) is 10.4. The van der Waals surface area contributed by atoms with Crippen molar-refractivity contribution in [1.29, 1.82) is 0 Å². The van der Waals surface area contributed by atoms with Gasteiger partial charge in [0, 0.05) is 29.8 Å². The number of carbonyl (C=O) groups is 2. The van der Waals surface area contributed by atoms with Crippen LogP contribution >= 0.6 is 11.8 Å². The van der Waals surface area contributed by atoms with Gasteiger partial charge in [-0.2, -0.15) is 0 Å². The summed E-state index contributed by atoms with van der Waals surface area (Å²) in [5.74, 6) is -0.736. The number of thioether (sulfide) groups is 1. The van der Waals surface area contributed by atoms with Crippen LogP contribution in [0.4, 0.5) is 5.69 Å². The van der Waals surface area contributed by atoms with Crippen LogP contribution in [0.5, 0.6) is 0 Å². The molecule has 1 aromatic carbocycles. The van der Waals surface area contributed by atoms with E-state index in [4.69, 9.17) is 4.74 Å². The first kappa shape index (κ1) is 19.2. The summed E-state index contributed by atoms with van der Waals surface area (Å²) >= 11 is 1.59. The fraction of sp³-hybridized carbons (Fsp3) is 0.579. The van der Waals surface area contributed by atoms with E-state index in [2.05, 4.69) is 15.5 Å². The summed E-state index contributed by atoms with van der Waals surface area (Å²) in [7, 11) is 0. The molecule has 2 saturated heterocycles. The Morgan fingerprint density at radius 2 is 2.04 bits per heavy atom. The number of anilines is 1. The number of piperidine rings is 1. The number of hydrogen-bond donors (Lipinski definition) is 2. The van der Waals surface area contributed by atoms with Crippen LogP contribution < -0.4 is 10.6 Å². The van der Waals surface area contributed by atoms with Gasteiger partial charge in [-0.05, 0) is 62.7 Å². The van der Waals surface area contributed by atoms with Crippen molar-refractivity contribution >= 4 is 29.3 Å². The zero-order chi connectivity index (χ0) is 18.4. The monoisotopic (exact) mass is 377 g/mol. The van der Waals surface area contributed by atoms with Gasteiger partial charge in [0.1, 0.15) is 0 Å². The van der Waals surface area contributed by atoms with Gasteiger partial charge in [-0.3, -0.25) is 14.5 Å². The van der Waals surface area contributed by atoms with Gasteiger partial charge in [-0.15, -0.1) is 11.8 Å². The number of carbonyl (C=O) groups excluding carboxylic acids is 2. The number of nitrogens with zero attached hydrogens (tertiary/aromatic N) is 1. The molecule has 2 heterocycles. The summed E-state index contributed by atoms with van der Waals surface area (Å²) in [6.45, 7) is 4.37. The predicted octanol–water partition coefficient (Wildman–Crippen LogP) is 1.96. The maximum absolute atomic E-state index is 12.1. The molecule has 142 valence electrons. The van der Waals surface area contributed by atoms with Crippen LogP contribution in [0.3, 0.4) is 0 Å². The lowest BCUT2D eigenvalue weighted by Gasteiger charge is -2.35. The summed E-state index contributed by atoms with van der Waals surface area (Å²) in [5.41, 5.74) is 0.643. The van der Waals surface area contributed by atoms with Crippen LogP contribution in [-0.4, -0.2) is 61.9 Å². The molecule has 1 aromatic rings. The Morgan fingerprint density at radius 3 is 2.73 bits per heavy atom. The Bertz CT molecular complexity index is 626. The maximum Gasteiger partial charge on any atom is 0.313 e. The normalized spacial score (nSPS) is 21.5. The second kappa shape index (κ2) is 9.39. The highest BCUT2D eigenvalue weighted by atomic mass is 32.2. The molecule has 3 rings (SSSR count). The first-order valence-electron chi connectivity index (χ1n) is 9.20. The predicted molar refractivity (Wildman–Crippen MR) is 103 cm³/mol. The smallest absolute Gasteiger partial charge is 0.313 e. The van der Waals surface area contributed by atoms with Gasteiger partial charge >= 0.3 is 11.8 Å². The molecule has 2 N–H and O–H groups in total. The molecule has 0 aromatic heterocycles. The lowest BCUT2D eigenvalue weighted by Crippen LogP contribution is -2.45. The minimum atomic E-state index is -0.608. The number of likely N-dealkylation sites (tertiary alicyclic amines) is 1. The Morgan fingerprint density at radius 1 is 1.23 bits per heavy atom. The van der Waals surface area contributed by atoms with E-state index in [1.54, 1.807) is 17.8 Å². The molecule has 0 unspecified atom stereocenters. The molecule has 6 nitrogen and oxygen atoms in total. The maximum atomic E-state index is 12.1. The number of rotatable bonds is 5. The molecular formula is C19H27N3O3S. The van der Waals surface area contributed by atoms with E-state index in [9.17, 15) is 9.59 Å². The van der Waals surface area contributed by atoms with E-state index in [1.807, 2.05) is 24.5 Å². The molecule has 0 radical (unpaired) electrons. The molecule has 7 heteroatoms. The van der Waals surface area contributed by atoms with Gasteiger partial charge in [0.05, 0.1) is 6.61 Å². The summed E-state index contributed by atoms with van der Waals surface area (Å²) in [4.78, 5) is 27.7. The van der Waals surface area contributed by atoms with E-state index in [0.29, 0.717) is 24.2 Å². The van der Waals surface area contributed by atoms with Gasteiger partial charge in [-0.1, -0.05) is 6.07 Å². The summed E-state index contributed by atoms with van der Waals surface area (Å²) in [6.07, 6.45) is 5.19. The van der Waals surface area contributed by atoms with Crippen molar-refractivity contribution in [2.45, 2.75) is 30.2 Å². The van der Waals surface area contributed by atoms with Crippen molar-refractivity contribution < 1.29 is 14.3 Å². The second-order valence-electron chi connectivity index (χ2n) is 6.89. The van der Waals surface area contributed by atoms with Crippen LogP contribution in [0.1, 0.15) is 19.3 Å². The van der Waals surface area contributed by atoms with Crippen LogP contribution in [-0.2, 0) is 14.3 Å². The van der Waals surface area contributed by atoms with Gasteiger partial charge in [0.25, 0.3) is 0 Å². The molecule has 2 amide bonds. The fourth-order valence-electron chi connectivity index (χ4n) is 3.54. The van der Waals surface area contributed by atoms with Crippen molar-refractivity contribution in [2.24, 2.45) is 5.92 Å². The van der Waals surface area contributed by atoms with Crippen LogP contribution in [0.2, 0.25) is 0 Å². The quantitative estimate of drug-likeness (QED) is 0.606. The summed E-state index contributed by atoms with van der Waals surface area (Å²) < 4.78 is 5.46. The van der Waals surface area contributed by atoms with Gasteiger partial charge < -0.3 is 15.4 Å². The Labute approximate surface area is 159 Å². The lowest BCUT2D eigenvalue weighted by atomic mass is 9.95. The van der Waals surface area contributed by atoms with Gasteiger partial charge in [0.2, 0.25) is 0 Å². The largest absolute Gasteiger partial charge is 0.380 e. The number of hydrogen-bond acceptors (Lipinski definition) is 5. The van der Waals surface area contributed by atoms with Crippen molar-refractivity contribution in [3.8, 4) is 0 Å². The van der Waals surface area contributed by atoms with E-state index < -0.39 is 11.8 Å². The third-order valence-electron chi connectivity index (χ3n) is 5.16. The second-order valence-corrected chi connectivity index (χ2v) is 7.77. The third kappa shape index (κ3) is 5.22. The molecule has 0 saturated carbocycles. The lowest BCUT2D eigenvalue weighted by molar-refractivity contribution is -0.136. The summed E-state index contributed by atoms with van der Waals surface area (Å²) in [6, 6.07) is 8.03. The SMILES string of the molecule is CSc1cccc(NC(=O)C(=O)NCC2CCN([C@@H]3CCOC3)CC2)c1. The molecular weight excluding hydrogens is 350 g/mol. The zero-order valence-corrected chi connectivity index (χ0v) is 16.0. The average Bonchev–Trinajstić information content (AvgIpc) is 3.21. The van der Waals surface area contributed by atoms with E-state index >= 15 is 0 Å². The molecule has 0 aliphatic carbocycles. The molecule has 0 bridgehead atoms. The molecule has 2 aliphatic heterocycles. The van der Waals surface area contributed by atoms with E-state index in [1.165, 1.54) is 0 Å². The first-order chi connectivity index (χ1) is 12.7. The van der Waals surface area contributed by atoms with Gasteiger partial charge in [-0.25, -0.2) is 0 Å². The average molecular weight is 378 g/mol. The van der Waals surface area contributed by atoms with Crippen molar-refractivity contribution in [3.63, 3.8) is 0 Å². The zero-order valence-electron chi connectivity index (χ0n) is 15.2. The molecule has 0 spiro atoms. The number of amides is 2. The van der Waals surface area contributed by atoms with Crippen molar-refractivity contribution in [3.05, 3.63) is 24.3 Å². The third-order valence-corrected chi connectivity index (χ3v) is 5.88. The minimum absolute atomic E-state index is 0.435. The Hall–Kier alpha value is -1.57. The minimum Gasteiger partial charge on any atom is -0.380 e. The van der Waals surface area contributed by atoms with Crippen LogP contribution in [0.15, 0.2) is 29.2 Å². The Balaban J connectivity index is 1.39. The topological polar surface area (TPSA) is 70.7 Å². The molecule has 1 atom stereocenters. The number of ether oxygens (including phenoxy) is 1. The highest BCUT2D eigenvalue weighted by molar-refractivity contribution is 7.98. The van der Waals surface area contributed by atoms with Crippen molar-refractivity contribution in [2.75, 3.05) is 44.4 Å². The Kier molecular flexibility index (Phi) is 6.93. The number of benzene rings is 1.